The molecule has 0 amide bonds. The minimum absolute atomic E-state index is 0. The van der Waals surface area contributed by atoms with Crippen molar-refractivity contribution in [2.45, 2.75) is 0 Å². The van der Waals surface area contributed by atoms with Gasteiger partial charge < -0.3 is 71.3 Å². The Bertz CT molecular complexity index is 134. The van der Waals surface area contributed by atoms with Crippen LogP contribution in [0.25, 0.3) is 0 Å². The second-order valence-corrected chi connectivity index (χ2v) is 1.69. The fourth-order valence-corrected chi connectivity index (χ4v) is 0. The SMILES string of the molecule is O.O.O.O.O.O.O.O.O.O.O=S(=O)(O)O.OB(O)O.[H-].[Na+]. The van der Waals surface area contributed by atoms with Crippen molar-refractivity contribution >= 4 is 17.7 Å². The molecule has 0 fully saturated rings. The maximum absolute atomic E-state index is 8.74. The zero-order valence-corrected chi connectivity index (χ0v) is 12.9. The smallest absolute Gasteiger partial charge is 1.00 e. The molecule has 0 aliphatic rings. The summed E-state index contributed by atoms with van der Waals surface area (Å²) >= 11 is 0. The minimum atomic E-state index is -4.67. The van der Waals surface area contributed by atoms with Crippen LogP contribution in [0.1, 0.15) is 1.43 Å². The van der Waals surface area contributed by atoms with Crippen LogP contribution < -0.4 is 29.6 Å². The van der Waals surface area contributed by atoms with E-state index in [4.69, 9.17) is 32.6 Å². The molecule has 0 aliphatic heterocycles. The van der Waals surface area contributed by atoms with E-state index in [1.165, 1.54) is 0 Å². The topological polar surface area (TPSA) is 450 Å². The van der Waals surface area contributed by atoms with Gasteiger partial charge >= 0.3 is 47.3 Å². The van der Waals surface area contributed by atoms with Crippen LogP contribution in [-0.2, 0) is 10.4 Å². The molecule has 0 aromatic carbocycles. The summed E-state index contributed by atoms with van der Waals surface area (Å²) < 4.78 is 31.6. The minimum Gasteiger partial charge on any atom is -1.00 e. The van der Waals surface area contributed by atoms with Gasteiger partial charge in [0.1, 0.15) is 0 Å². The first-order valence-electron chi connectivity index (χ1n) is 1.47. The largest absolute Gasteiger partial charge is 1.00 e. The van der Waals surface area contributed by atoms with E-state index >= 15 is 0 Å². The predicted molar refractivity (Wildman–Crippen MR) is 63.8 cm³/mol. The molecule has 0 aromatic rings. The second-order valence-electron chi connectivity index (χ2n) is 0.794. The average molecular weight is 364 g/mol. The number of rotatable bonds is 0. The molecule has 138 valence electrons. The Kier molecular flexibility index (Phi) is 520. The molecule has 0 atom stereocenters. The quantitative estimate of drug-likeness (QED) is 0.203. The van der Waals surface area contributed by atoms with Gasteiger partial charge in [0, 0.05) is 0 Å². The first-order valence-corrected chi connectivity index (χ1v) is 2.87. The molecule has 0 bridgehead atoms. The first kappa shape index (κ1) is 140. The van der Waals surface area contributed by atoms with Crippen molar-refractivity contribution in [2.24, 2.45) is 0 Å². The van der Waals surface area contributed by atoms with Gasteiger partial charge in [-0.1, -0.05) is 0 Å². The third kappa shape index (κ3) is 32400. The van der Waals surface area contributed by atoms with Crippen molar-refractivity contribution in [1.82, 2.24) is 0 Å². The van der Waals surface area contributed by atoms with Crippen molar-refractivity contribution < 1.29 is 118 Å². The Hall–Kier alpha value is 0.415. The van der Waals surface area contributed by atoms with Crippen molar-refractivity contribution in [2.75, 3.05) is 0 Å². The molecule has 0 aliphatic carbocycles. The van der Waals surface area contributed by atoms with E-state index < -0.39 is 17.7 Å². The Morgan fingerprint density at radius 3 is 0.600 bits per heavy atom. The van der Waals surface area contributed by atoms with Crippen LogP contribution in [0.2, 0.25) is 0 Å². The Morgan fingerprint density at radius 1 is 0.600 bits per heavy atom. The van der Waals surface area contributed by atoms with Gasteiger partial charge in [0.05, 0.1) is 0 Å². The molecule has 0 saturated carbocycles. The maximum atomic E-state index is 8.74. The molecule has 25 N–H and O–H groups in total. The fraction of sp³-hybridized carbons (Fsp3) is 0. The monoisotopic (exact) mass is 364 g/mol. The third-order valence-electron chi connectivity index (χ3n) is 0. The summed E-state index contributed by atoms with van der Waals surface area (Å²) in [5.74, 6) is 0. The Balaban J connectivity index is -0.00000000249. The fourth-order valence-electron chi connectivity index (χ4n) is 0. The van der Waals surface area contributed by atoms with Crippen LogP contribution in [0.15, 0.2) is 0 Å². The molecular formula is H26BNaO17S. The van der Waals surface area contributed by atoms with E-state index in [2.05, 4.69) is 0 Å². The van der Waals surface area contributed by atoms with Crippen molar-refractivity contribution in [3.8, 4) is 0 Å². The van der Waals surface area contributed by atoms with Gasteiger partial charge in [0.25, 0.3) is 0 Å². The zero-order valence-electron chi connectivity index (χ0n) is 11.0. The second kappa shape index (κ2) is 74.3. The summed E-state index contributed by atoms with van der Waals surface area (Å²) in [6.45, 7) is 0. The van der Waals surface area contributed by atoms with E-state index in [0.29, 0.717) is 0 Å². The van der Waals surface area contributed by atoms with E-state index in [-0.39, 0.29) is 85.7 Å². The average Bonchev–Trinajstić information content (AvgIpc) is 1.19. The molecule has 0 aromatic heterocycles. The van der Waals surface area contributed by atoms with E-state index in [0.717, 1.165) is 0 Å². The molecule has 20 heavy (non-hydrogen) atoms. The van der Waals surface area contributed by atoms with E-state index in [1.54, 1.807) is 0 Å². The third-order valence-corrected chi connectivity index (χ3v) is 0. The van der Waals surface area contributed by atoms with Gasteiger partial charge in [-0.3, -0.25) is 9.11 Å². The normalized spacial score (nSPS) is 4.25. The van der Waals surface area contributed by atoms with Crippen LogP contribution in [0.4, 0.5) is 0 Å². The van der Waals surface area contributed by atoms with Crippen molar-refractivity contribution in [3.63, 3.8) is 0 Å². The van der Waals surface area contributed by atoms with Gasteiger partial charge in [-0.15, -0.1) is 0 Å². The van der Waals surface area contributed by atoms with Crippen LogP contribution in [0.3, 0.4) is 0 Å². The number of hydrogen-bond acceptors (Lipinski definition) is 5. The molecular weight excluding hydrogens is 338 g/mol. The predicted octanol–water partition coefficient (Wildman–Crippen LogP) is -13.8. The van der Waals surface area contributed by atoms with Gasteiger partial charge in [0.15, 0.2) is 0 Å². The number of hydrogen-bond donors (Lipinski definition) is 5. The molecule has 0 unspecified atom stereocenters. The van der Waals surface area contributed by atoms with Crippen LogP contribution in [0, 0.1) is 0 Å². The van der Waals surface area contributed by atoms with E-state index in [9.17, 15) is 0 Å². The van der Waals surface area contributed by atoms with Gasteiger partial charge in [-0.25, -0.2) is 0 Å². The summed E-state index contributed by atoms with van der Waals surface area (Å²) in [6, 6.07) is 0. The summed E-state index contributed by atoms with van der Waals surface area (Å²) in [5, 5.41) is 21.5. The summed E-state index contributed by atoms with van der Waals surface area (Å²) in [6.07, 6.45) is 0. The van der Waals surface area contributed by atoms with Gasteiger partial charge in [0.2, 0.25) is 0 Å². The molecule has 0 rings (SSSR count). The molecule has 0 saturated heterocycles. The van der Waals surface area contributed by atoms with Gasteiger partial charge in [-0.05, 0) is 0 Å². The van der Waals surface area contributed by atoms with E-state index in [1.807, 2.05) is 0 Å². The molecule has 17 nitrogen and oxygen atoms in total. The summed E-state index contributed by atoms with van der Waals surface area (Å²) in [5.41, 5.74) is 0. The molecule has 20 heteroatoms. The summed E-state index contributed by atoms with van der Waals surface area (Å²) in [4.78, 5) is 0. The van der Waals surface area contributed by atoms with Crippen LogP contribution in [-0.4, -0.2) is 94.7 Å². The molecule has 0 spiro atoms. The van der Waals surface area contributed by atoms with Crippen LogP contribution >= 0.6 is 0 Å². The maximum Gasteiger partial charge on any atom is 1.00 e. The zero-order chi connectivity index (χ0) is 8.08. The molecule has 0 radical (unpaired) electrons. The standard InChI is InChI=1S/BH3O3.Na.H2O4S.10H2O.H/c2-1(3)4;;1-5(2,3)4;;;;;;;;;;;/h2-4H;;(H2,1,2,3,4);10*1H2;/q;+1;;;;;;;;;;;;-1. The van der Waals surface area contributed by atoms with Crippen molar-refractivity contribution in [1.29, 1.82) is 0 Å². The van der Waals surface area contributed by atoms with Crippen molar-refractivity contribution in [3.05, 3.63) is 0 Å². The van der Waals surface area contributed by atoms with Gasteiger partial charge in [-0.2, -0.15) is 8.42 Å². The molecule has 0 heterocycles. The first-order chi connectivity index (χ1) is 3.73. The Labute approximate surface area is 136 Å². The summed E-state index contributed by atoms with van der Waals surface area (Å²) in [7, 11) is -6.83. The Morgan fingerprint density at radius 2 is 0.600 bits per heavy atom. The van der Waals surface area contributed by atoms with Crippen LogP contribution in [0.5, 0.6) is 0 Å².